The molecule has 2 atom stereocenters. The van der Waals surface area contributed by atoms with Crippen LogP contribution in [0.3, 0.4) is 0 Å². The molecular weight excluding hydrogens is 341 g/mol. The summed E-state index contributed by atoms with van der Waals surface area (Å²) < 4.78 is 13.8. The summed E-state index contributed by atoms with van der Waals surface area (Å²) in [4.78, 5) is 19.6. The van der Waals surface area contributed by atoms with Crippen molar-refractivity contribution >= 4 is 11.6 Å². The summed E-state index contributed by atoms with van der Waals surface area (Å²) >= 11 is 0. The number of carbonyl (C=O) groups is 1. The Balaban J connectivity index is 1.41. The first-order valence-electron chi connectivity index (χ1n) is 10.5. The second-order valence-corrected chi connectivity index (χ2v) is 9.12. The molecule has 0 radical (unpaired) electrons. The molecule has 0 aliphatic carbocycles. The minimum Gasteiger partial charge on any atom is -0.363 e. The number of piperidine rings is 1. The van der Waals surface area contributed by atoms with Crippen molar-refractivity contribution in [1.82, 2.24) is 9.80 Å². The third-order valence-electron chi connectivity index (χ3n) is 6.72. The zero-order chi connectivity index (χ0) is 19.0. The fraction of sp³-hybridized carbons (Fsp3) is 0.682. The van der Waals surface area contributed by atoms with Crippen LogP contribution in [-0.4, -0.2) is 60.0 Å². The van der Waals surface area contributed by atoms with Gasteiger partial charge in [-0.15, -0.1) is 0 Å². The summed E-state index contributed by atoms with van der Waals surface area (Å²) in [6, 6.07) is 7.36. The number of nitrogens with zero attached hydrogens (tertiary/aromatic N) is 3. The van der Waals surface area contributed by atoms with Gasteiger partial charge < -0.3 is 14.7 Å². The van der Waals surface area contributed by atoms with E-state index in [1.165, 1.54) is 18.9 Å². The lowest BCUT2D eigenvalue weighted by Gasteiger charge is -2.42. The molecule has 3 saturated heterocycles. The van der Waals surface area contributed by atoms with E-state index in [4.69, 9.17) is 0 Å². The van der Waals surface area contributed by atoms with Crippen LogP contribution in [0.4, 0.5) is 10.1 Å². The summed E-state index contributed by atoms with van der Waals surface area (Å²) in [6.45, 7) is 9.36. The summed E-state index contributed by atoms with van der Waals surface area (Å²) in [7, 11) is 0. The van der Waals surface area contributed by atoms with Crippen molar-refractivity contribution in [2.75, 3.05) is 37.6 Å². The van der Waals surface area contributed by atoms with Gasteiger partial charge in [0.1, 0.15) is 5.82 Å². The molecule has 4 rings (SSSR count). The summed E-state index contributed by atoms with van der Waals surface area (Å²) in [5.41, 5.74) is 0.957. The molecule has 1 aromatic rings. The second kappa shape index (κ2) is 7.42. The van der Waals surface area contributed by atoms with Crippen LogP contribution in [-0.2, 0) is 4.79 Å². The average molecular weight is 374 g/mol. The predicted octanol–water partition coefficient (Wildman–Crippen LogP) is 3.52. The van der Waals surface area contributed by atoms with Crippen molar-refractivity contribution < 1.29 is 9.18 Å². The van der Waals surface area contributed by atoms with E-state index in [1.807, 2.05) is 6.07 Å². The third kappa shape index (κ3) is 3.84. The molecule has 4 nitrogen and oxygen atoms in total. The Kier molecular flexibility index (Phi) is 5.15. The van der Waals surface area contributed by atoms with Crippen LogP contribution in [0.1, 0.15) is 46.0 Å². The number of halogens is 1. The lowest BCUT2D eigenvalue weighted by atomic mass is 9.89. The number of benzene rings is 1. The molecule has 3 aliphatic rings. The largest absolute Gasteiger partial charge is 0.363 e. The van der Waals surface area contributed by atoms with Gasteiger partial charge in [0, 0.05) is 43.3 Å². The maximum Gasteiger partial charge on any atom is 0.223 e. The van der Waals surface area contributed by atoms with Crippen molar-refractivity contribution in [1.29, 1.82) is 0 Å². The number of likely N-dealkylation sites (tertiary alicyclic amines) is 2. The maximum absolute atomic E-state index is 13.8. The van der Waals surface area contributed by atoms with Gasteiger partial charge in [-0.25, -0.2) is 4.39 Å². The van der Waals surface area contributed by atoms with E-state index in [0.29, 0.717) is 24.3 Å². The monoisotopic (exact) mass is 373 g/mol. The third-order valence-corrected chi connectivity index (χ3v) is 6.72. The standard InChI is InChI=1S/C22H32FN3O/c1-22(2)15-17-16-25(21(27)9-12-24-10-3-4-11-24)13-8-20(17)26(22)19-7-5-6-18(23)14-19/h5-7,14,17,20H,3-4,8-13,15-16H2,1-2H3/t17-,20+/m1/s1. The Morgan fingerprint density at radius 1 is 1.22 bits per heavy atom. The van der Waals surface area contributed by atoms with Gasteiger partial charge in [-0.1, -0.05) is 6.07 Å². The Hall–Kier alpha value is -1.62. The van der Waals surface area contributed by atoms with Crippen LogP contribution in [0.15, 0.2) is 24.3 Å². The molecule has 1 amide bonds. The lowest BCUT2D eigenvalue weighted by molar-refractivity contribution is -0.133. The minimum absolute atomic E-state index is 0.0161. The van der Waals surface area contributed by atoms with E-state index < -0.39 is 0 Å². The number of anilines is 1. The quantitative estimate of drug-likeness (QED) is 0.808. The maximum atomic E-state index is 13.8. The molecule has 1 aromatic carbocycles. The highest BCUT2D eigenvalue weighted by Gasteiger charge is 2.48. The molecule has 0 spiro atoms. The number of hydrogen-bond donors (Lipinski definition) is 0. The first-order chi connectivity index (χ1) is 12.9. The molecule has 5 heteroatoms. The van der Waals surface area contributed by atoms with Crippen molar-refractivity contribution in [2.45, 2.75) is 57.5 Å². The molecule has 3 aliphatic heterocycles. The van der Waals surface area contributed by atoms with Crippen molar-refractivity contribution in [3.8, 4) is 0 Å². The molecule has 148 valence electrons. The number of hydrogen-bond acceptors (Lipinski definition) is 3. The van der Waals surface area contributed by atoms with Gasteiger partial charge in [-0.05, 0) is 76.7 Å². The SMILES string of the molecule is CC1(C)C[C@@H]2CN(C(=O)CCN3CCCC3)CC[C@@H]2N1c1cccc(F)c1. The van der Waals surface area contributed by atoms with Gasteiger partial charge in [-0.2, -0.15) is 0 Å². The first kappa shape index (κ1) is 18.7. The molecule has 0 unspecified atom stereocenters. The van der Waals surface area contributed by atoms with Crippen LogP contribution in [0, 0.1) is 11.7 Å². The van der Waals surface area contributed by atoms with Crippen LogP contribution in [0.25, 0.3) is 0 Å². The van der Waals surface area contributed by atoms with Gasteiger partial charge in [0.2, 0.25) is 5.91 Å². The summed E-state index contributed by atoms with van der Waals surface area (Å²) in [6.07, 6.45) is 5.21. The van der Waals surface area contributed by atoms with E-state index in [0.717, 1.165) is 51.3 Å². The van der Waals surface area contributed by atoms with Gasteiger partial charge in [0.05, 0.1) is 0 Å². The highest BCUT2D eigenvalue weighted by Crippen LogP contribution is 2.44. The zero-order valence-electron chi connectivity index (χ0n) is 16.7. The Morgan fingerprint density at radius 3 is 2.74 bits per heavy atom. The van der Waals surface area contributed by atoms with E-state index in [1.54, 1.807) is 12.1 Å². The van der Waals surface area contributed by atoms with Gasteiger partial charge in [0.15, 0.2) is 0 Å². The first-order valence-corrected chi connectivity index (χ1v) is 10.5. The smallest absolute Gasteiger partial charge is 0.223 e. The van der Waals surface area contributed by atoms with Crippen molar-refractivity contribution in [3.63, 3.8) is 0 Å². The van der Waals surface area contributed by atoms with E-state index >= 15 is 0 Å². The predicted molar refractivity (Wildman–Crippen MR) is 106 cm³/mol. The number of carbonyl (C=O) groups excluding carboxylic acids is 1. The molecular formula is C22H32FN3O. The van der Waals surface area contributed by atoms with E-state index in [-0.39, 0.29) is 11.4 Å². The average Bonchev–Trinajstić information content (AvgIpc) is 3.23. The van der Waals surface area contributed by atoms with Crippen LogP contribution in [0.2, 0.25) is 0 Å². The molecule has 27 heavy (non-hydrogen) atoms. The highest BCUT2D eigenvalue weighted by molar-refractivity contribution is 5.76. The Morgan fingerprint density at radius 2 is 2.00 bits per heavy atom. The van der Waals surface area contributed by atoms with Crippen LogP contribution >= 0.6 is 0 Å². The van der Waals surface area contributed by atoms with Gasteiger partial charge >= 0.3 is 0 Å². The van der Waals surface area contributed by atoms with E-state index in [2.05, 4.69) is 28.5 Å². The van der Waals surface area contributed by atoms with Gasteiger partial charge in [-0.3, -0.25) is 4.79 Å². The molecule has 3 heterocycles. The zero-order valence-corrected chi connectivity index (χ0v) is 16.7. The molecule has 0 N–H and O–H groups in total. The van der Waals surface area contributed by atoms with Crippen LogP contribution in [0.5, 0.6) is 0 Å². The van der Waals surface area contributed by atoms with Crippen LogP contribution < -0.4 is 4.90 Å². The Labute approximate surface area is 162 Å². The molecule has 0 aromatic heterocycles. The topological polar surface area (TPSA) is 26.8 Å². The molecule has 0 bridgehead atoms. The van der Waals surface area contributed by atoms with E-state index in [9.17, 15) is 9.18 Å². The minimum atomic E-state index is -0.179. The lowest BCUT2D eigenvalue weighted by Crippen LogP contribution is -2.50. The summed E-state index contributed by atoms with van der Waals surface area (Å²) in [5.74, 6) is 0.594. The fourth-order valence-corrected chi connectivity index (χ4v) is 5.56. The second-order valence-electron chi connectivity index (χ2n) is 9.12. The van der Waals surface area contributed by atoms with Crippen molar-refractivity contribution in [2.24, 2.45) is 5.92 Å². The van der Waals surface area contributed by atoms with Crippen molar-refractivity contribution in [3.05, 3.63) is 30.1 Å². The molecule has 3 fully saturated rings. The summed E-state index contributed by atoms with van der Waals surface area (Å²) in [5, 5.41) is 0. The molecule has 0 saturated carbocycles. The number of amides is 1. The number of fused-ring (bicyclic) bond motifs is 1. The number of rotatable bonds is 4. The normalized spacial score (nSPS) is 27.8. The highest BCUT2D eigenvalue weighted by atomic mass is 19.1. The Bertz CT molecular complexity index is 686. The fourth-order valence-electron chi connectivity index (χ4n) is 5.56. The van der Waals surface area contributed by atoms with Gasteiger partial charge in [0.25, 0.3) is 0 Å².